The minimum absolute atomic E-state index is 0.0273. The molecule has 2 aromatic carbocycles. The highest BCUT2D eigenvalue weighted by Gasteiger charge is 2.22. The van der Waals surface area contributed by atoms with E-state index in [2.05, 4.69) is 21.3 Å². The highest BCUT2D eigenvalue weighted by molar-refractivity contribution is 7.99. The molecule has 2 aromatic heterocycles. The maximum atomic E-state index is 10.8. The van der Waals surface area contributed by atoms with Gasteiger partial charge in [-0.3, -0.25) is 0 Å². The zero-order chi connectivity index (χ0) is 22.0. The van der Waals surface area contributed by atoms with Crippen molar-refractivity contribution in [2.45, 2.75) is 17.3 Å². The second-order valence-corrected chi connectivity index (χ2v) is 9.05. The Balaban J connectivity index is 1.60. The quantitative estimate of drug-likeness (QED) is 0.249. The van der Waals surface area contributed by atoms with Crippen molar-refractivity contribution < 1.29 is 9.84 Å². The second kappa shape index (κ2) is 8.79. The monoisotopic (exact) mass is 449 g/mol. The number of para-hydroxylation sites is 1. The molecule has 0 fully saturated rings. The van der Waals surface area contributed by atoms with E-state index in [1.54, 1.807) is 7.11 Å². The summed E-state index contributed by atoms with van der Waals surface area (Å²) in [5.41, 5.74) is 1.89. The van der Waals surface area contributed by atoms with Crippen molar-refractivity contribution in [1.82, 2.24) is 19.7 Å². The Hall–Kier alpha value is -3.35. The molecular formula is C22H19N5O2S2. The number of nitriles is 1. The Morgan fingerprint density at radius 3 is 2.61 bits per heavy atom. The zero-order valence-electron chi connectivity index (χ0n) is 17.1. The van der Waals surface area contributed by atoms with Crippen molar-refractivity contribution in [3.63, 3.8) is 0 Å². The number of fused-ring (bicyclic) bond motifs is 1. The highest BCUT2D eigenvalue weighted by atomic mass is 32.2. The lowest BCUT2D eigenvalue weighted by Crippen LogP contribution is -2.06. The molecule has 0 aliphatic rings. The Bertz CT molecular complexity index is 1270. The molecule has 1 atom stereocenters. The van der Waals surface area contributed by atoms with Gasteiger partial charge in [-0.2, -0.15) is 5.26 Å². The average molecular weight is 450 g/mol. The van der Waals surface area contributed by atoms with E-state index >= 15 is 0 Å². The van der Waals surface area contributed by atoms with Crippen LogP contribution in [-0.4, -0.2) is 37.2 Å². The van der Waals surface area contributed by atoms with E-state index in [1.165, 1.54) is 23.1 Å². The fourth-order valence-corrected chi connectivity index (χ4v) is 4.87. The summed E-state index contributed by atoms with van der Waals surface area (Å²) < 4.78 is 8.03. The molecule has 0 aliphatic heterocycles. The van der Waals surface area contributed by atoms with Gasteiger partial charge in [-0.1, -0.05) is 23.9 Å². The van der Waals surface area contributed by atoms with Gasteiger partial charge in [0, 0.05) is 12.6 Å². The standard InChI is InChI=1S/C22H19N5O2S2/c1-13(19(28)16(12-23)21-24-17-6-4-5-7-18(17)31-21)30-22-26-25-20(27(22)2)14-8-10-15(29-3)11-9-14/h4-11,13,28H,1-3H3/b19-16-. The van der Waals surface area contributed by atoms with Crippen LogP contribution in [0, 0.1) is 11.3 Å². The minimum Gasteiger partial charge on any atom is -0.510 e. The number of aliphatic hydroxyl groups is 1. The van der Waals surface area contributed by atoms with Gasteiger partial charge in [0.05, 0.1) is 22.6 Å². The van der Waals surface area contributed by atoms with Crippen LogP contribution in [0.1, 0.15) is 11.9 Å². The van der Waals surface area contributed by atoms with Crippen LogP contribution in [0.15, 0.2) is 59.4 Å². The molecule has 156 valence electrons. The van der Waals surface area contributed by atoms with E-state index in [9.17, 15) is 10.4 Å². The van der Waals surface area contributed by atoms with Crippen molar-refractivity contribution in [3.05, 3.63) is 59.3 Å². The van der Waals surface area contributed by atoms with Gasteiger partial charge >= 0.3 is 0 Å². The first-order valence-electron chi connectivity index (χ1n) is 9.41. The largest absolute Gasteiger partial charge is 0.510 e. The number of aromatic nitrogens is 4. The smallest absolute Gasteiger partial charge is 0.191 e. The average Bonchev–Trinajstić information content (AvgIpc) is 3.38. The number of hydrogen-bond donors (Lipinski definition) is 1. The summed E-state index contributed by atoms with van der Waals surface area (Å²) in [5, 5.41) is 29.8. The van der Waals surface area contributed by atoms with Crippen LogP contribution < -0.4 is 4.74 Å². The van der Waals surface area contributed by atoms with E-state index in [1.807, 2.05) is 67.1 Å². The number of benzene rings is 2. The van der Waals surface area contributed by atoms with E-state index in [0.717, 1.165) is 21.5 Å². The Morgan fingerprint density at radius 1 is 1.19 bits per heavy atom. The van der Waals surface area contributed by atoms with Gasteiger partial charge < -0.3 is 14.4 Å². The molecule has 2 heterocycles. The van der Waals surface area contributed by atoms with Crippen LogP contribution in [0.3, 0.4) is 0 Å². The Labute approximate surface area is 187 Å². The number of allylic oxidation sites excluding steroid dienone is 1. The summed E-state index contributed by atoms with van der Waals surface area (Å²) in [6, 6.07) is 17.3. The molecule has 7 nitrogen and oxygen atoms in total. The van der Waals surface area contributed by atoms with Crippen LogP contribution >= 0.6 is 23.1 Å². The van der Waals surface area contributed by atoms with Gasteiger partial charge in [-0.05, 0) is 43.3 Å². The molecule has 4 aromatic rings. The lowest BCUT2D eigenvalue weighted by atomic mass is 10.2. The van der Waals surface area contributed by atoms with Gasteiger partial charge in [0.15, 0.2) is 11.0 Å². The molecule has 4 rings (SSSR count). The summed E-state index contributed by atoms with van der Waals surface area (Å²) in [6.45, 7) is 1.83. The maximum absolute atomic E-state index is 10.8. The minimum atomic E-state index is -0.409. The van der Waals surface area contributed by atoms with Crippen molar-refractivity contribution in [2.24, 2.45) is 7.05 Å². The van der Waals surface area contributed by atoms with Gasteiger partial charge in [0.1, 0.15) is 28.2 Å². The number of rotatable bonds is 6. The number of thiazole rings is 1. The van der Waals surface area contributed by atoms with Crippen LogP contribution in [-0.2, 0) is 7.05 Å². The Morgan fingerprint density at radius 2 is 1.94 bits per heavy atom. The summed E-state index contributed by atoms with van der Waals surface area (Å²) in [7, 11) is 3.49. The number of nitrogens with zero attached hydrogens (tertiary/aromatic N) is 5. The molecular weight excluding hydrogens is 430 g/mol. The second-order valence-electron chi connectivity index (χ2n) is 6.71. The first kappa shape index (κ1) is 20.9. The van der Waals surface area contributed by atoms with E-state index in [0.29, 0.717) is 16.0 Å². The van der Waals surface area contributed by atoms with Gasteiger partial charge in [-0.25, -0.2) is 4.98 Å². The normalized spacial score (nSPS) is 13.0. The molecule has 0 aliphatic carbocycles. The summed E-state index contributed by atoms with van der Waals surface area (Å²) in [6.07, 6.45) is 0. The predicted molar refractivity (Wildman–Crippen MR) is 123 cm³/mol. The van der Waals surface area contributed by atoms with E-state index < -0.39 is 5.25 Å². The molecule has 0 radical (unpaired) electrons. The fraction of sp³-hybridized carbons (Fsp3) is 0.182. The first-order valence-corrected chi connectivity index (χ1v) is 11.1. The fourth-order valence-electron chi connectivity index (χ4n) is 3.02. The van der Waals surface area contributed by atoms with Crippen molar-refractivity contribution in [1.29, 1.82) is 5.26 Å². The van der Waals surface area contributed by atoms with Crippen LogP contribution in [0.2, 0.25) is 0 Å². The molecule has 0 amide bonds. The molecule has 1 N–H and O–H groups in total. The lowest BCUT2D eigenvalue weighted by molar-refractivity contribution is 0.402. The molecule has 0 saturated carbocycles. The molecule has 0 saturated heterocycles. The number of aliphatic hydroxyl groups excluding tert-OH is 1. The number of hydrogen-bond acceptors (Lipinski definition) is 8. The van der Waals surface area contributed by atoms with Crippen LogP contribution in [0.25, 0.3) is 27.2 Å². The number of ether oxygens (including phenoxy) is 1. The number of methoxy groups -OCH3 is 1. The molecule has 0 spiro atoms. The third-order valence-corrected chi connectivity index (χ3v) is 6.92. The number of thioether (sulfide) groups is 1. The third-order valence-electron chi connectivity index (χ3n) is 4.73. The predicted octanol–water partition coefficient (Wildman–Crippen LogP) is 5.07. The summed E-state index contributed by atoms with van der Waals surface area (Å²) in [4.78, 5) is 4.50. The SMILES string of the molecule is COc1ccc(-c2nnc(SC(C)/C(O)=C(\C#N)c3nc4ccccc4s3)n2C)cc1. The molecule has 1 unspecified atom stereocenters. The maximum Gasteiger partial charge on any atom is 0.191 e. The van der Waals surface area contributed by atoms with Crippen molar-refractivity contribution in [3.8, 4) is 23.2 Å². The van der Waals surface area contributed by atoms with E-state index in [-0.39, 0.29) is 11.3 Å². The zero-order valence-corrected chi connectivity index (χ0v) is 18.7. The lowest BCUT2D eigenvalue weighted by Gasteiger charge is -2.11. The Kier molecular flexibility index (Phi) is 5.93. The van der Waals surface area contributed by atoms with Gasteiger partial charge in [0.2, 0.25) is 0 Å². The molecule has 0 bridgehead atoms. The summed E-state index contributed by atoms with van der Waals surface area (Å²) >= 11 is 2.71. The van der Waals surface area contributed by atoms with Gasteiger partial charge in [-0.15, -0.1) is 21.5 Å². The first-order chi connectivity index (χ1) is 15.0. The van der Waals surface area contributed by atoms with Crippen molar-refractivity contribution >= 4 is 38.9 Å². The summed E-state index contributed by atoms with van der Waals surface area (Å²) in [5.74, 6) is 1.44. The van der Waals surface area contributed by atoms with E-state index in [4.69, 9.17) is 4.74 Å². The topological polar surface area (TPSA) is 96.8 Å². The van der Waals surface area contributed by atoms with Gasteiger partial charge in [0.25, 0.3) is 0 Å². The third kappa shape index (κ3) is 4.13. The van der Waals surface area contributed by atoms with Crippen LogP contribution in [0.5, 0.6) is 5.75 Å². The molecule has 9 heteroatoms. The highest BCUT2D eigenvalue weighted by Crippen LogP contribution is 2.34. The van der Waals surface area contributed by atoms with Crippen molar-refractivity contribution in [2.75, 3.05) is 7.11 Å². The van der Waals surface area contributed by atoms with Crippen LogP contribution in [0.4, 0.5) is 0 Å². The molecule has 31 heavy (non-hydrogen) atoms.